The average Bonchev–Trinajstić information content (AvgIpc) is 2.40. The molecule has 0 bridgehead atoms. The molecule has 0 aliphatic rings. The summed E-state index contributed by atoms with van der Waals surface area (Å²) in [4.78, 5) is 0. The van der Waals surface area contributed by atoms with Gasteiger partial charge in [-0.2, -0.15) is 0 Å². The lowest BCUT2D eigenvalue weighted by Crippen LogP contribution is -2.01. The molecule has 2 N–H and O–H groups in total. The molecular formula is C14H15NO3. The Morgan fingerprint density at radius 2 is 2.06 bits per heavy atom. The Morgan fingerprint density at radius 1 is 1.28 bits per heavy atom. The van der Waals surface area contributed by atoms with Gasteiger partial charge in [0.15, 0.2) is 0 Å². The van der Waals surface area contributed by atoms with Gasteiger partial charge in [-0.15, -0.1) is 0 Å². The zero-order valence-electron chi connectivity index (χ0n) is 10.3. The molecule has 2 aromatic carbocycles. The molecule has 94 valence electrons. The molecule has 0 radical (unpaired) electrons. The molecule has 4 nitrogen and oxygen atoms in total. The maximum atomic E-state index is 10.0. The van der Waals surface area contributed by atoms with Gasteiger partial charge in [0.05, 0.1) is 12.8 Å². The predicted molar refractivity (Wildman–Crippen MR) is 70.8 cm³/mol. The molecule has 0 saturated carbocycles. The molecule has 0 aliphatic heterocycles. The fraction of sp³-hybridized carbons (Fsp3) is 0.214. The Hall–Kier alpha value is -2.23. The minimum absolute atomic E-state index is 0.149. The van der Waals surface area contributed by atoms with Crippen LogP contribution >= 0.6 is 0 Å². The lowest BCUT2D eigenvalue weighted by molar-refractivity contribution is 0.318. The normalized spacial score (nSPS) is 11.8. The number of aromatic hydroxyl groups is 1. The number of hydrogen-bond acceptors (Lipinski definition) is 4. The number of hydrogen-bond donors (Lipinski definition) is 2. The SMILES string of the molecule is CC/C(=N\O)c1ccc(OC)c2cccc(O)c12. The van der Waals surface area contributed by atoms with Crippen LogP contribution in [0, 0.1) is 0 Å². The number of nitrogens with zero attached hydrogens (tertiary/aromatic N) is 1. The van der Waals surface area contributed by atoms with Crippen molar-refractivity contribution in [3.05, 3.63) is 35.9 Å². The van der Waals surface area contributed by atoms with Gasteiger partial charge in [0.2, 0.25) is 0 Å². The number of oxime groups is 1. The lowest BCUT2D eigenvalue weighted by atomic mass is 9.98. The van der Waals surface area contributed by atoms with Crippen molar-refractivity contribution < 1.29 is 15.1 Å². The van der Waals surface area contributed by atoms with Crippen LogP contribution in [-0.2, 0) is 0 Å². The second kappa shape index (κ2) is 4.96. The van der Waals surface area contributed by atoms with Crippen molar-refractivity contribution in [3.8, 4) is 11.5 Å². The third-order valence-corrected chi connectivity index (χ3v) is 2.97. The van der Waals surface area contributed by atoms with Gasteiger partial charge >= 0.3 is 0 Å². The van der Waals surface area contributed by atoms with Gasteiger partial charge < -0.3 is 15.1 Å². The summed E-state index contributed by atoms with van der Waals surface area (Å²) in [6.07, 6.45) is 0.576. The minimum Gasteiger partial charge on any atom is -0.507 e. The molecule has 0 fully saturated rings. The maximum absolute atomic E-state index is 10.0. The first kappa shape index (κ1) is 12.2. The van der Waals surface area contributed by atoms with Gasteiger partial charge in [0.1, 0.15) is 11.5 Å². The summed E-state index contributed by atoms with van der Waals surface area (Å²) >= 11 is 0. The molecule has 18 heavy (non-hydrogen) atoms. The van der Waals surface area contributed by atoms with Crippen molar-refractivity contribution in [1.82, 2.24) is 0 Å². The van der Waals surface area contributed by atoms with E-state index in [-0.39, 0.29) is 5.75 Å². The van der Waals surface area contributed by atoms with Crippen LogP contribution in [0.3, 0.4) is 0 Å². The molecule has 0 amide bonds. The standard InChI is InChI=1S/C14H15NO3/c1-3-11(15-17)9-7-8-13(18-2)10-5-4-6-12(16)14(9)10/h4-8,16-17H,3H2,1-2H3/b15-11+. The monoisotopic (exact) mass is 245 g/mol. The van der Waals surface area contributed by atoms with E-state index in [1.807, 2.05) is 13.0 Å². The van der Waals surface area contributed by atoms with E-state index in [9.17, 15) is 5.11 Å². The summed E-state index contributed by atoms with van der Waals surface area (Å²) in [5.74, 6) is 0.828. The molecule has 0 heterocycles. The summed E-state index contributed by atoms with van der Waals surface area (Å²) in [6, 6.07) is 8.82. The highest BCUT2D eigenvalue weighted by molar-refractivity contribution is 6.13. The molecule has 0 unspecified atom stereocenters. The van der Waals surface area contributed by atoms with E-state index < -0.39 is 0 Å². The highest BCUT2D eigenvalue weighted by Gasteiger charge is 2.13. The average molecular weight is 245 g/mol. The van der Waals surface area contributed by atoms with Crippen molar-refractivity contribution in [2.24, 2.45) is 5.16 Å². The molecule has 0 saturated heterocycles. The Balaban J connectivity index is 2.84. The van der Waals surface area contributed by atoms with Crippen molar-refractivity contribution >= 4 is 16.5 Å². The topological polar surface area (TPSA) is 62.1 Å². The summed E-state index contributed by atoms with van der Waals surface area (Å²) in [5, 5.41) is 23.8. The molecule has 2 rings (SSSR count). The number of benzene rings is 2. The zero-order chi connectivity index (χ0) is 13.1. The quantitative estimate of drug-likeness (QED) is 0.496. The lowest BCUT2D eigenvalue weighted by Gasteiger charge is -2.11. The third kappa shape index (κ3) is 1.86. The van der Waals surface area contributed by atoms with Crippen LogP contribution in [0.25, 0.3) is 10.8 Å². The van der Waals surface area contributed by atoms with Crippen molar-refractivity contribution in [1.29, 1.82) is 0 Å². The van der Waals surface area contributed by atoms with Crippen LogP contribution in [0.1, 0.15) is 18.9 Å². The van der Waals surface area contributed by atoms with E-state index in [2.05, 4.69) is 5.16 Å². The van der Waals surface area contributed by atoms with Gasteiger partial charge in [-0.25, -0.2) is 0 Å². The van der Waals surface area contributed by atoms with Crippen LogP contribution < -0.4 is 4.74 Å². The summed E-state index contributed by atoms with van der Waals surface area (Å²) < 4.78 is 5.27. The first-order valence-corrected chi connectivity index (χ1v) is 5.72. The molecule has 2 aromatic rings. The second-order valence-corrected chi connectivity index (χ2v) is 3.92. The van der Waals surface area contributed by atoms with Crippen LogP contribution in [0.5, 0.6) is 11.5 Å². The second-order valence-electron chi connectivity index (χ2n) is 3.92. The summed E-state index contributed by atoms with van der Waals surface area (Å²) in [7, 11) is 1.58. The van der Waals surface area contributed by atoms with Crippen molar-refractivity contribution in [2.45, 2.75) is 13.3 Å². The van der Waals surface area contributed by atoms with E-state index in [0.717, 1.165) is 5.39 Å². The van der Waals surface area contributed by atoms with Crippen molar-refractivity contribution in [2.75, 3.05) is 7.11 Å². The highest BCUT2D eigenvalue weighted by Crippen LogP contribution is 2.34. The van der Waals surface area contributed by atoms with Crippen LogP contribution in [0.2, 0.25) is 0 Å². The fourth-order valence-electron chi connectivity index (χ4n) is 2.09. The first-order valence-electron chi connectivity index (χ1n) is 5.72. The zero-order valence-corrected chi connectivity index (χ0v) is 10.3. The molecule has 0 atom stereocenters. The number of rotatable bonds is 3. The van der Waals surface area contributed by atoms with Crippen molar-refractivity contribution in [3.63, 3.8) is 0 Å². The fourth-order valence-corrected chi connectivity index (χ4v) is 2.09. The first-order chi connectivity index (χ1) is 8.72. The van der Waals surface area contributed by atoms with Gasteiger partial charge in [-0.3, -0.25) is 0 Å². The molecule has 0 spiro atoms. The Bertz CT molecular complexity index is 605. The van der Waals surface area contributed by atoms with Crippen LogP contribution in [-0.4, -0.2) is 23.1 Å². The van der Waals surface area contributed by atoms with Crippen LogP contribution in [0.4, 0.5) is 0 Å². The number of fused-ring (bicyclic) bond motifs is 1. The third-order valence-electron chi connectivity index (χ3n) is 2.97. The number of phenolic OH excluding ortho intramolecular Hbond substituents is 1. The Labute approximate surface area is 105 Å². The Morgan fingerprint density at radius 3 is 2.67 bits per heavy atom. The van der Waals surface area contributed by atoms with E-state index in [1.54, 1.807) is 31.4 Å². The van der Waals surface area contributed by atoms with Gasteiger partial charge in [0.25, 0.3) is 0 Å². The van der Waals surface area contributed by atoms with Gasteiger partial charge in [-0.05, 0) is 24.6 Å². The molecule has 0 aromatic heterocycles. The van der Waals surface area contributed by atoms with E-state index in [1.165, 1.54) is 0 Å². The van der Waals surface area contributed by atoms with E-state index in [0.29, 0.717) is 28.8 Å². The number of methoxy groups -OCH3 is 1. The molecule has 0 aliphatic carbocycles. The summed E-state index contributed by atoms with van der Waals surface area (Å²) in [5.41, 5.74) is 1.25. The van der Waals surface area contributed by atoms with Gasteiger partial charge in [-0.1, -0.05) is 24.2 Å². The predicted octanol–water partition coefficient (Wildman–Crippen LogP) is 3.14. The largest absolute Gasteiger partial charge is 0.507 e. The Kier molecular flexibility index (Phi) is 3.37. The maximum Gasteiger partial charge on any atom is 0.126 e. The van der Waals surface area contributed by atoms with E-state index in [4.69, 9.17) is 9.94 Å². The minimum atomic E-state index is 0.149. The van der Waals surface area contributed by atoms with Crippen LogP contribution in [0.15, 0.2) is 35.5 Å². The molecular weight excluding hydrogens is 230 g/mol. The highest BCUT2D eigenvalue weighted by atomic mass is 16.5. The van der Waals surface area contributed by atoms with E-state index >= 15 is 0 Å². The molecule has 4 heteroatoms. The van der Waals surface area contributed by atoms with Gasteiger partial charge in [0, 0.05) is 16.3 Å². The summed E-state index contributed by atoms with van der Waals surface area (Å²) in [6.45, 7) is 1.89. The number of phenols is 1. The number of ether oxygens (including phenoxy) is 1. The smallest absolute Gasteiger partial charge is 0.126 e.